The lowest BCUT2D eigenvalue weighted by Gasteiger charge is -2.15. The topological polar surface area (TPSA) is 63.6 Å². The van der Waals surface area contributed by atoms with Crippen molar-refractivity contribution in [3.05, 3.63) is 96.1 Å². The number of esters is 1. The van der Waals surface area contributed by atoms with Crippen molar-refractivity contribution >= 4 is 11.9 Å². The molecular weight excluding hydrogens is 380 g/mol. The van der Waals surface area contributed by atoms with Crippen molar-refractivity contribution in [1.82, 2.24) is 0 Å². The summed E-state index contributed by atoms with van der Waals surface area (Å²) < 4.78 is 55.4. The van der Waals surface area contributed by atoms with Crippen molar-refractivity contribution in [2.24, 2.45) is 0 Å². The molecule has 2 aromatic rings. The minimum absolute atomic E-state index is 0.0655. The number of benzene rings is 2. The lowest BCUT2D eigenvalue weighted by molar-refractivity contribution is -0.235. The summed E-state index contributed by atoms with van der Waals surface area (Å²) in [6.45, 7) is 6.29. The minimum atomic E-state index is -3.60. The van der Waals surface area contributed by atoms with E-state index < -0.39 is 29.7 Å². The van der Waals surface area contributed by atoms with Crippen molar-refractivity contribution < 1.29 is 37.0 Å². The van der Waals surface area contributed by atoms with Gasteiger partial charge in [0.05, 0.1) is 5.56 Å². The van der Waals surface area contributed by atoms with Crippen LogP contribution in [-0.2, 0) is 26.9 Å². The fourth-order valence-corrected chi connectivity index (χ4v) is 1.89. The van der Waals surface area contributed by atoms with E-state index in [4.69, 9.17) is 5.11 Å². The summed E-state index contributed by atoms with van der Waals surface area (Å²) in [6, 6.07) is 9.71. The zero-order chi connectivity index (χ0) is 21.3. The number of carbonyl (C=O) groups is 2. The molecule has 0 aliphatic carbocycles. The molecule has 0 aromatic heterocycles. The molecule has 148 valence electrons. The van der Waals surface area contributed by atoms with Crippen molar-refractivity contribution in [3.63, 3.8) is 0 Å². The molecule has 8 heteroatoms. The molecule has 0 saturated heterocycles. The summed E-state index contributed by atoms with van der Waals surface area (Å²) in [5.74, 6) is -3.77. The first-order valence-electron chi connectivity index (χ1n) is 7.70. The molecule has 0 heterocycles. The van der Waals surface area contributed by atoms with E-state index in [0.29, 0.717) is 6.08 Å². The number of carboxylic acids is 1. The fourth-order valence-electron chi connectivity index (χ4n) is 1.89. The molecule has 0 atom stereocenters. The van der Waals surface area contributed by atoms with Gasteiger partial charge in [0.1, 0.15) is 11.6 Å². The molecule has 1 N–H and O–H groups in total. The van der Waals surface area contributed by atoms with E-state index in [1.54, 1.807) is 6.07 Å². The molecule has 0 amide bonds. The second-order valence-corrected chi connectivity index (χ2v) is 5.37. The Hall–Kier alpha value is -3.42. The number of carbonyl (C=O) groups excluding carboxylic acids is 1. The molecule has 2 rings (SSSR count). The van der Waals surface area contributed by atoms with Gasteiger partial charge in [-0.25, -0.2) is 18.4 Å². The number of aliphatic carboxylic acids is 1. The molecule has 0 fully saturated rings. The van der Waals surface area contributed by atoms with Crippen LogP contribution in [0.2, 0.25) is 0 Å². The SMILES string of the molecule is C=C(Cc1cc(F)cc(F)c1)C(=O)O.C=CC(=O)OC(F)(F)c1ccccc1. The highest BCUT2D eigenvalue weighted by atomic mass is 19.3. The minimum Gasteiger partial charge on any atom is -0.478 e. The van der Waals surface area contributed by atoms with Crippen LogP contribution in [0.4, 0.5) is 17.6 Å². The van der Waals surface area contributed by atoms with E-state index in [2.05, 4.69) is 17.9 Å². The number of rotatable bonds is 6. The normalized spacial score (nSPS) is 10.3. The van der Waals surface area contributed by atoms with E-state index >= 15 is 0 Å². The van der Waals surface area contributed by atoms with Crippen LogP contribution in [0.5, 0.6) is 0 Å². The van der Waals surface area contributed by atoms with Gasteiger partial charge >= 0.3 is 18.0 Å². The third-order valence-electron chi connectivity index (χ3n) is 3.15. The van der Waals surface area contributed by atoms with Gasteiger partial charge in [-0.1, -0.05) is 31.4 Å². The molecule has 0 radical (unpaired) electrons. The van der Waals surface area contributed by atoms with Crippen LogP contribution in [0, 0.1) is 11.6 Å². The summed E-state index contributed by atoms with van der Waals surface area (Å²) >= 11 is 0. The van der Waals surface area contributed by atoms with Gasteiger partial charge in [0.15, 0.2) is 0 Å². The Labute approximate surface area is 158 Å². The van der Waals surface area contributed by atoms with Gasteiger partial charge in [0.2, 0.25) is 0 Å². The second kappa shape index (κ2) is 10.1. The molecule has 28 heavy (non-hydrogen) atoms. The molecule has 0 aliphatic rings. The lowest BCUT2D eigenvalue weighted by Crippen LogP contribution is -2.21. The van der Waals surface area contributed by atoms with Crippen molar-refractivity contribution in [3.8, 4) is 0 Å². The van der Waals surface area contributed by atoms with Gasteiger partial charge in [0.25, 0.3) is 0 Å². The number of halogens is 4. The molecule has 0 aliphatic heterocycles. The maximum Gasteiger partial charge on any atom is 0.428 e. The summed E-state index contributed by atoms with van der Waals surface area (Å²) in [5, 5.41) is 8.49. The molecule has 2 aromatic carbocycles. The van der Waals surface area contributed by atoms with Crippen molar-refractivity contribution in [2.45, 2.75) is 12.5 Å². The van der Waals surface area contributed by atoms with Crippen LogP contribution in [0.3, 0.4) is 0 Å². The van der Waals surface area contributed by atoms with Crippen LogP contribution in [0.25, 0.3) is 0 Å². The van der Waals surface area contributed by atoms with E-state index in [-0.39, 0.29) is 23.1 Å². The third-order valence-corrected chi connectivity index (χ3v) is 3.15. The van der Waals surface area contributed by atoms with Crippen LogP contribution >= 0.6 is 0 Å². The van der Waals surface area contributed by atoms with Crippen LogP contribution in [-0.4, -0.2) is 17.0 Å². The number of hydrogen-bond acceptors (Lipinski definition) is 3. The van der Waals surface area contributed by atoms with Gasteiger partial charge in [-0.2, -0.15) is 8.78 Å². The molecule has 0 saturated carbocycles. The van der Waals surface area contributed by atoms with Gasteiger partial charge < -0.3 is 9.84 Å². The third kappa shape index (κ3) is 7.45. The largest absolute Gasteiger partial charge is 0.478 e. The Kier molecular flexibility index (Phi) is 8.12. The van der Waals surface area contributed by atoms with E-state index in [1.165, 1.54) is 24.3 Å². The maximum absolute atomic E-state index is 13.1. The highest BCUT2D eigenvalue weighted by molar-refractivity contribution is 5.86. The highest BCUT2D eigenvalue weighted by Gasteiger charge is 2.35. The predicted molar refractivity (Wildman–Crippen MR) is 93.5 cm³/mol. The van der Waals surface area contributed by atoms with E-state index in [9.17, 15) is 27.2 Å². The summed E-state index contributed by atoms with van der Waals surface area (Å²) in [5.41, 5.74) is -0.208. The molecule has 0 bridgehead atoms. The molecule has 0 spiro atoms. The van der Waals surface area contributed by atoms with Crippen LogP contribution < -0.4 is 0 Å². The average Bonchev–Trinajstić information content (AvgIpc) is 2.61. The second-order valence-electron chi connectivity index (χ2n) is 5.37. The van der Waals surface area contributed by atoms with Crippen LogP contribution in [0.15, 0.2) is 73.3 Å². The molecule has 0 unspecified atom stereocenters. The molecule has 4 nitrogen and oxygen atoms in total. The Morgan fingerprint density at radius 2 is 1.61 bits per heavy atom. The average molecular weight is 396 g/mol. The highest BCUT2D eigenvalue weighted by Crippen LogP contribution is 2.29. The van der Waals surface area contributed by atoms with Gasteiger partial charge in [-0.15, -0.1) is 0 Å². The van der Waals surface area contributed by atoms with E-state index in [1.807, 2.05) is 0 Å². The standard InChI is InChI=1S/2C10H8F2O2/c1-6(10(13)14)2-7-3-8(11)5-9(12)4-7;1-2-9(13)14-10(11,12)8-6-4-3-5-7-8/h3-5H,1-2H2,(H,13,14);2-7H,1H2. The first-order valence-corrected chi connectivity index (χ1v) is 7.70. The summed E-state index contributed by atoms with van der Waals surface area (Å²) in [4.78, 5) is 21.0. The Bertz CT molecular complexity index is 844. The summed E-state index contributed by atoms with van der Waals surface area (Å²) in [7, 11) is 0. The van der Waals surface area contributed by atoms with Gasteiger partial charge in [0, 0.05) is 24.1 Å². The van der Waals surface area contributed by atoms with Crippen molar-refractivity contribution in [2.75, 3.05) is 0 Å². The predicted octanol–water partition coefficient (Wildman–Crippen LogP) is 4.61. The fraction of sp³-hybridized carbons (Fsp3) is 0.100. The Morgan fingerprint density at radius 3 is 2.07 bits per heavy atom. The molecular formula is C20H16F4O4. The summed E-state index contributed by atoms with van der Waals surface area (Å²) in [6.07, 6.45) is -2.98. The first-order chi connectivity index (χ1) is 13.0. The number of carboxylic acid groups (broad SMARTS) is 1. The zero-order valence-corrected chi connectivity index (χ0v) is 14.5. The van der Waals surface area contributed by atoms with Crippen molar-refractivity contribution in [1.29, 1.82) is 0 Å². The maximum atomic E-state index is 13.1. The van der Waals surface area contributed by atoms with Gasteiger partial charge in [-0.05, 0) is 29.8 Å². The zero-order valence-electron chi connectivity index (χ0n) is 14.5. The Balaban J connectivity index is 0.000000280. The first kappa shape index (κ1) is 22.6. The monoisotopic (exact) mass is 396 g/mol. The quantitative estimate of drug-likeness (QED) is 0.440. The number of ether oxygens (including phenoxy) is 1. The van der Waals surface area contributed by atoms with E-state index in [0.717, 1.165) is 18.2 Å². The van der Waals surface area contributed by atoms with Crippen LogP contribution in [0.1, 0.15) is 11.1 Å². The number of alkyl halides is 2. The Morgan fingerprint density at radius 1 is 1.07 bits per heavy atom. The lowest BCUT2D eigenvalue weighted by atomic mass is 10.1. The van der Waals surface area contributed by atoms with Gasteiger partial charge in [-0.3, -0.25) is 0 Å². The number of hydrogen-bond donors (Lipinski definition) is 1. The smallest absolute Gasteiger partial charge is 0.428 e.